The molecule has 2 atom stereocenters. The van der Waals surface area contributed by atoms with Gasteiger partial charge >= 0.3 is 0 Å². The van der Waals surface area contributed by atoms with Crippen LogP contribution in [0, 0.1) is 0 Å². The van der Waals surface area contributed by atoms with Gasteiger partial charge in [-0.25, -0.2) is 0 Å². The maximum atomic E-state index is 6.41. The van der Waals surface area contributed by atoms with E-state index in [1.54, 1.807) is 0 Å². The second kappa shape index (κ2) is 9.55. The SMILES string of the molecule is CC(S)P1c2ccccc2Oc2ccc(N3c4ccccc4Sc4ccc([N+]5=CCc6ccccc65)cc43)cc21. The van der Waals surface area contributed by atoms with Crippen LogP contribution >= 0.6 is 32.3 Å². The van der Waals surface area contributed by atoms with Gasteiger partial charge in [0.15, 0.2) is 6.21 Å². The monoisotopic (exact) mass is 573 g/mol. The molecule has 0 N–H and O–H groups in total. The molecule has 5 aromatic carbocycles. The molecule has 0 amide bonds. The van der Waals surface area contributed by atoms with Gasteiger partial charge in [-0.15, -0.1) is 0 Å². The number of nitrogens with zero attached hydrogens (tertiary/aromatic N) is 2. The van der Waals surface area contributed by atoms with Crippen LogP contribution in [0.1, 0.15) is 12.5 Å². The van der Waals surface area contributed by atoms with Crippen molar-refractivity contribution in [2.75, 3.05) is 4.90 Å². The molecule has 2 unspecified atom stereocenters. The average molecular weight is 574 g/mol. The van der Waals surface area contributed by atoms with Crippen LogP contribution in [-0.2, 0) is 6.42 Å². The third-order valence-corrected chi connectivity index (χ3v) is 12.0. The molecule has 0 bridgehead atoms. The van der Waals surface area contributed by atoms with Crippen molar-refractivity contribution in [3.05, 3.63) is 115 Å². The summed E-state index contributed by atoms with van der Waals surface area (Å²) < 4.78 is 8.74. The fourth-order valence-electron chi connectivity index (χ4n) is 5.93. The first-order valence-electron chi connectivity index (χ1n) is 13.5. The maximum absolute atomic E-state index is 6.41. The summed E-state index contributed by atoms with van der Waals surface area (Å²) in [5, 5.41) is 2.49. The first-order valence-corrected chi connectivity index (χ1v) is 16.2. The molecular weight excluding hydrogens is 547 g/mol. The van der Waals surface area contributed by atoms with Crippen molar-refractivity contribution in [1.29, 1.82) is 0 Å². The van der Waals surface area contributed by atoms with E-state index in [4.69, 9.17) is 17.4 Å². The van der Waals surface area contributed by atoms with Crippen LogP contribution in [0.2, 0.25) is 0 Å². The number of para-hydroxylation sites is 3. The molecule has 8 rings (SSSR count). The van der Waals surface area contributed by atoms with Gasteiger partial charge in [-0.05, 0) is 57.3 Å². The molecule has 194 valence electrons. The molecule has 0 fully saturated rings. The van der Waals surface area contributed by atoms with Crippen LogP contribution in [0.5, 0.6) is 11.5 Å². The van der Waals surface area contributed by atoms with Crippen LogP contribution in [-0.4, -0.2) is 11.2 Å². The van der Waals surface area contributed by atoms with E-state index in [9.17, 15) is 0 Å². The molecule has 3 aliphatic rings. The largest absolute Gasteiger partial charge is 0.456 e. The predicted octanol–water partition coefficient (Wildman–Crippen LogP) is 8.90. The fraction of sp³-hybridized carbons (Fsp3) is 0.0882. The number of anilines is 3. The lowest BCUT2D eigenvalue weighted by Crippen LogP contribution is -2.25. The second-order valence-electron chi connectivity index (χ2n) is 10.2. The molecule has 3 aliphatic heterocycles. The second-order valence-corrected chi connectivity index (χ2v) is 14.9. The Morgan fingerprint density at radius 1 is 0.800 bits per heavy atom. The van der Waals surface area contributed by atoms with Gasteiger partial charge in [0.25, 0.3) is 0 Å². The Labute approximate surface area is 245 Å². The normalized spacial score (nSPS) is 17.0. The molecule has 0 saturated heterocycles. The number of thiol groups is 1. The molecule has 5 aromatic rings. The van der Waals surface area contributed by atoms with Crippen LogP contribution in [0.25, 0.3) is 0 Å². The van der Waals surface area contributed by atoms with E-state index in [0.717, 1.165) is 23.6 Å². The minimum Gasteiger partial charge on any atom is -0.456 e. The number of hydrogen-bond acceptors (Lipinski definition) is 4. The number of fused-ring (bicyclic) bond motifs is 5. The zero-order valence-electron chi connectivity index (χ0n) is 21.9. The standard InChI is InChI=1S/C34H25N2OPS2/c1-22(39)38-31-12-6-5-11-29(31)37-30-16-14-25(21-32(30)38)36-27-10-4-7-13-33(27)40-34-17-15-24(20-28(34)36)35-19-18-23-8-2-3-9-26(23)35/h2-17,19-22H,18H2,1H3/p+1. The van der Waals surface area contributed by atoms with Gasteiger partial charge in [-0.2, -0.15) is 17.2 Å². The Hall–Kier alpha value is -3.50. The third-order valence-electron chi connectivity index (χ3n) is 7.71. The molecule has 3 nitrogen and oxygen atoms in total. The van der Waals surface area contributed by atoms with Crippen molar-refractivity contribution in [2.24, 2.45) is 0 Å². The number of ether oxygens (including phenoxy) is 1. The summed E-state index contributed by atoms with van der Waals surface area (Å²) in [5.74, 6) is 1.89. The molecular formula is C34H26N2OPS2+. The average Bonchev–Trinajstić information content (AvgIpc) is 3.42. The molecule has 0 saturated carbocycles. The summed E-state index contributed by atoms with van der Waals surface area (Å²) in [7, 11) is -0.683. The van der Waals surface area contributed by atoms with Gasteiger partial charge in [-0.1, -0.05) is 60.3 Å². The summed E-state index contributed by atoms with van der Waals surface area (Å²) in [6, 6.07) is 39.3. The van der Waals surface area contributed by atoms with Gasteiger partial charge in [0.1, 0.15) is 11.5 Å². The number of rotatable bonds is 3. The zero-order valence-corrected chi connectivity index (χ0v) is 24.5. The van der Waals surface area contributed by atoms with Crippen molar-refractivity contribution < 1.29 is 4.74 Å². The van der Waals surface area contributed by atoms with E-state index in [-0.39, 0.29) is 4.99 Å². The van der Waals surface area contributed by atoms with E-state index >= 15 is 0 Å². The Kier molecular flexibility index (Phi) is 5.81. The molecule has 0 radical (unpaired) electrons. The number of hydrogen-bond donors (Lipinski definition) is 1. The minimum atomic E-state index is -0.683. The molecule has 6 heteroatoms. The number of benzene rings is 5. The van der Waals surface area contributed by atoms with E-state index in [1.165, 1.54) is 48.7 Å². The van der Waals surface area contributed by atoms with Crippen LogP contribution < -0.4 is 24.8 Å². The summed E-state index contributed by atoms with van der Waals surface area (Å²) in [6.07, 6.45) is 3.24. The Morgan fingerprint density at radius 3 is 2.50 bits per heavy atom. The molecule has 3 heterocycles. The van der Waals surface area contributed by atoms with Crippen molar-refractivity contribution in [3.8, 4) is 11.5 Å². The van der Waals surface area contributed by atoms with E-state index in [0.29, 0.717) is 0 Å². The topological polar surface area (TPSA) is 15.5 Å². The van der Waals surface area contributed by atoms with Crippen LogP contribution in [0.3, 0.4) is 0 Å². The lowest BCUT2D eigenvalue weighted by Gasteiger charge is -2.35. The highest BCUT2D eigenvalue weighted by molar-refractivity contribution is 7.99. The molecule has 0 aliphatic carbocycles. The van der Waals surface area contributed by atoms with E-state index in [2.05, 4.69) is 126 Å². The molecule has 40 heavy (non-hydrogen) atoms. The first-order chi connectivity index (χ1) is 19.7. The van der Waals surface area contributed by atoms with Gasteiger partial charge in [0.05, 0.1) is 17.8 Å². The van der Waals surface area contributed by atoms with Gasteiger partial charge < -0.3 is 9.64 Å². The van der Waals surface area contributed by atoms with Crippen molar-refractivity contribution in [2.45, 2.75) is 28.1 Å². The lowest BCUT2D eigenvalue weighted by atomic mass is 10.1. The van der Waals surface area contributed by atoms with Crippen LogP contribution in [0.4, 0.5) is 28.4 Å². The Morgan fingerprint density at radius 2 is 1.57 bits per heavy atom. The van der Waals surface area contributed by atoms with Crippen LogP contribution in [0.15, 0.2) is 119 Å². The maximum Gasteiger partial charge on any atom is 0.214 e. The highest BCUT2D eigenvalue weighted by Crippen LogP contribution is 2.55. The third kappa shape index (κ3) is 3.83. The Bertz CT molecular complexity index is 1850. The summed E-state index contributed by atoms with van der Waals surface area (Å²) in [5.41, 5.74) is 7.33. The molecule has 0 spiro atoms. The van der Waals surface area contributed by atoms with Crippen molar-refractivity contribution >= 4 is 77.6 Å². The lowest BCUT2D eigenvalue weighted by molar-refractivity contribution is 0.488. The van der Waals surface area contributed by atoms with Crippen molar-refractivity contribution in [1.82, 2.24) is 4.58 Å². The summed E-state index contributed by atoms with van der Waals surface area (Å²) >= 11 is 6.81. The predicted molar refractivity (Wildman–Crippen MR) is 174 cm³/mol. The Balaban J connectivity index is 1.29. The van der Waals surface area contributed by atoms with E-state index < -0.39 is 7.92 Å². The van der Waals surface area contributed by atoms with Gasteiger partial charge in [-0.3, -0.25) is 0 Å². The van der Waals surface area contributed by atoms with E-state index in [1.807, 2.05) is 17.8 Å². The van der Waals surface area contributed by atoms with Gasteiger partial charge in [0, 0.05) is 54.8 Å². The minimum absolute atomic E-state index is 0.197. The highest BCUT2D eigenvalue weighted by atomic mass is 32.2. The first kappa shape index (κ1) is 24.3. The quantitative estimate of drug-likeness (QED) is 0.129. The van der Waals surface area contributed by atoms with Gasteiger partial charge in [0.2, 0.25) is 11.4 Å². The highest BCUT2D eigenvalue weighted by Gasteiger charge is 2.33. The summed E-state index contributed by atoms with van der Waals surface area (Å²) in [6.45, 7) is 2.20. The summed E-state index contributed by atoms with van der Waals surface area (Å²) in [4.78, 5) is 5.12. The smallest absolute Gasteiger partial charge is 0.214 e. The fourth-order valence-corrected chi connectivity index (χ4v) is 10.0. The van der Waals surface area contributed by atoms with Crippen molar-refractivity contribution in [3.63, 3.8) is 0 Å². The zero-order chi connectivity index (χ0) is 26.8. The molecule has 0 aromatic heterocycles.